The summed E-state index contributed by atoms with van der Waals surface area (Å²) in [7, 11) is 0. The first kappa shape index (κ1) is 22.1. The van der Waals surface area contributed by atoms with Crippen LogP contribution in [0.25, 0.3) is 0 Å². The molecule has 1 heterocycles. The lowest BCUT2D eigenvalue weighted by molar-refractivity contribution is -0.143. The van der Waals surface area contributed by atoms with Gasteiger partial charge in [-0.1, -0.05) is 37.9 Å². The summed E-state index contributed by atoms with van der Waals surface area (Å²) in [5, 5.41) is 6.04. The Morgan fingerprint density at radius 2 is 2.00 bits per heavy atom. The van der Waals surface area contributed by atoms with Crippen LogP contribution in [0.3, 0.4) is 0 Å². The Labute approximate surface area is 171 Å². The van der Waals surface area contributed by atoms with Crippen LogP contribution in [0.1, 0.15) is 65.0 Å². The van der Waals surface area contributed by atoms with Crippen molar-refractivity contribution in [1.82, 2.24) is 10.6 Å². The monoisotopic (exact) mass is 408 g/mol. The highest BCUT2D eigenvalue weighted by atomic mass is 35.5. The van der Waals surface area contributed by atoms with Gasteiger partial charge in [-0.25, -0.2) is 9.59 Å². The number of ether oxygens (including phenoxy) is 2. The van der Waals surface area contributed by atoms with Crippen molar-refractivity contribution in [2.45, 2.75) is 65.5 Å². The second-order valence-electron chi connectivity index (χ2n) is 7.02. The van der Waals surface area contributed by atoms with E-state index in [2.05, 4.69) is 17.6 Å². The molecule has 0 saturated carbocycles. The third-order valence-electron chi connectivity index (χ3n) is 4.25. The van der Waals surface area contributed by atoms with E-state index >= 15 is 0 Å². The molecule has 1 unspecified atom stereocenters. The molecule has 0 aromatic heterocycles. The maximum Gasteiger partial charge on any atom is 0.338 e. The van der Waals surface area contributed by atoms with E-state index in [1.54, 1.807) is 26.0 Å². The van der Waals surface area contributed by atoms with Crippen LogP contribution in [-0.2, 0) is 9.53 Å². The second-order valence-corrected chi connectivity index (χ2v) is 7.43. The molecular formula is C21H29ClN2O4. The minimum absolute atomic E-state index is 0.265. The van der Waals surface area contributed by atoms with Crippen LogP contribution in [0, 0.1) is 0 Å². The number of esters is 1. The van der Waals surface area contributed by atoms with Gasteiger partial charge in [0.15, 0.2) is 0 Å². The predicted octanol–water partition coefficient (Wildman–Crippen LogP) is 4.88. The van der Waals surface area contributed by atoms with Crippen LogP contribution in [0.5, 0.6) is 5.75 Å². The summed E-state index contributed by atoms with van der Waals surface area (Å²) < 4.78 is 11.1. The lowest BCUT2D eigenvalue weighted by Gasteiger charge is -2.30. The molecule has 1 aliphatic heterocycles. The van der Waals surface area contributed by atoms with Crippen LogP contribution in [0.2, 0.25) is 5.02 Å². The first-order valence-electron chi connectivity index (χ1n) is 9.81. The van der Waals surface area contributed by atoms with Crippen molar-refractivity contribution in [1.29, 1.82) is 0 Å². The zero-order valence-corrected chi connectivity index (χ0v) is 17.7. The van der Waals surface area contributed by atoms with Gasteiger partial charge >= 0.3 is 12.0 Å². The van der Waals surface area contributed by atoms with E-state index in [9.17, 15) is 9.59 Å². The molecule has 0 spiro atoms. The SMILES string of the molecule is CCCCC1=C(C(=O)OC(C)C)C(c2ccc(OCCC)c(Cl)c2)NC(=O)N1. The molecule has 0 aliphatic carbocycles. The molecule has 1 aromatic carbocycles. The summed E-state index contributed by atoms with van der Waals surface area (Å²) in [6.07, 6.45) is 3.00. The summed E-state index contributed by atoms with van der Waals surface area (Å²) >= 11 is 6.37. The molecule has 28 heavy (non-hydrogen) atoms. The maximum absolute atomic E-state index is 12.8. The van der Waals surface area contributed by atoms with E-state index in [1.807, 2.05) is 13.0 Å². The van der Waals surface area contributed by atoms with Crippen molar-refractivity contribution in [2.24, 2.45) is 0 Å². The molecule has 154 valence electrons. The van der Waals surface area contributed by atoms with E-state index in [0.717, 1.165) is 19.3 Å². The van der Waals surface area contributed by atoms with Crippen molar-refractivity contribution >= 4 is 23.6 Å². The highest BCUT2D eigenvalue weighted by molar-refractivity contribution is 6.32. The third-order valence-corrected chi connectivity index (χ3v) is 4.54. The average Bonchev–Trinajstić information content (AvgIpc) is 2.64. The van der Waals surface area contributed by atoms with Crippen LogP contribution in [-0.4, -0.2) is 24.7 Å². The Balaban J connectivity index is 2.44. The van der Waals surface area contributed by atoms with E-state index in [-0.39, 0.29) is 12.1 Å². The Bertz CT molecular complexity index is 746. The maximum atomic E-state index is 12.8. The summed E-state index contributed by atoms with van der Waals surface area (Å²) in [5.74, 6) is 0.134. The number of amides is 2. The Kier molecular flexibility index (Phi) is 8.18. The summed E-state index contributed by atoms with van der Waals surface area (Å²) in [4.78, 5) is 25.1. The van der Waals surface area contributed by atoms with Gasteiger partial charge in [0.05, 0.1) is 29.3 Å². The fraction of sp³-hybridized carbons (Fsp3) is 0.524. The fourth-order valence-corrected chi connectivity index (χ4v) is 3.21. The largest absolute Gasteiger partial charge is 0.492 e. The minimum atomic E-state index is -0.635. The Morgan fingerprint density at radius 3 is 2.61 bits per heavy atom. The summed E-state index contributed by atoms with van der Waals surface area (Å²) in [6.45, 7) is 8.23. The van der Waals surface area contributed by atoms with Crippen LogP contribution >= 0.6 is 11.6 Å². The Hall–Kier alpha value is -2.21. The molecular weight excluding hydrogens is 380 g/mol. The van der Waals surface area contributed by atoms with Gasteiger partial charge in [-0.3, -0.25) is 0 Å². The molecule has 2 amide bonds. The van der Waals surface area contributed by atoms with Gasteiger partial charge in [-0.2, -0.15) is 0 Å². The number of allylic oxidation sites excluding steroid dienone is 1. The fourth-order valence-electron chi connectivity index (χ4n) is 2.96. The highest BCUT2D eigenvalue weighted by Gasteiger charge is 2.34. The molecule has 6 nitrogen and oxygen atoms in total. The van der Waals surface area contributed by atoms with Crippen molar-refractivity contribution in [3.05, 3.63) is 40.1 Å². The van der Waals surface area contributed by atoms with Crippen LogP contribution in [0.15, 0.2) is 29.5 Å². The third kappa shape index (κ3) is 5.64. The van der Waals surface area contributed by atoms with Gasteiger partial charge in [-0.05, 0) is 50.8 Å². The number of carbonyl (C=O) groups excluding carboxylic acids is 2. The standard InChI is InChI=1S/C21H29ClN2O4/c1-5-7-8-16-18(20(25)28-13(3)4)19(24-21(26)23-16)14-9-10-17(15(22)12-14)27-11-6-2/h9-10,12-13,19H,5-8,11H2,1-4H3,(H2,23,24,26). The van der Waals surface area contributed by atoms with Crippen molar-refractivity contribution < 1.29 is 19.1 Å². The highest BCUT2D eigenvalue weighted by Crippen LogP contribution is 2.34. The number of nitrogens with one attached hydrogen (secondary N) is 2. The number of rotatable bonds is 9. The first-order chi connectivity index (χ1) is 13.4. The molecule has 2 N–H and O–H groups in total. The van der Waals surface area contributed by atoms with E-state index in [4.69, 9.17) is 21.1 Å². The number of unbranched alkanes of at least 4 members (excludes halogenated alkanes) is 1. The molecule has 1 aromatic rings. The predicted molar refractivity (Wildman–Crippen MR) is 109 cm³/mol. The lowest BCUT2D eigenvalue weighted by Crippen LogP contribution is -2.46. The van der Waals surface area contributed by atoms with Crippen LogP contribution < -0.4 is 15.4 Å². The van der Waals surface area contributed by atoms with Gasteiger partial charge in [-0.15, -0.1) is 0 Å². The van der Waals surface area contributed by atoms with Gasteiger partial charge in [0.1, 0.15) is 5.75 Å². The number of urea groups is 1. The van der Waals surface area contributed by atoms with Gasteiger partial charge in [0.25, 0.3) is 0 Å². The van der Waals surface area contributed by atoms with Crippen molar-refractivity contribution in [3.8, 4) is 5.75 Å². The number of hydrogen-bond donors (Lipinski definition) is 2. The van der Waals surface area contributed by atoms with Crippen LogP contribution in [0.4, 0.5) is 4.79 Å². The molecule has 7 heteroatoms. The number of hydrogen-bond acceptors (Lipinski definition) is 4. The summed E-state index contributed by atoms with van der Waals surface area (Å²) in [5.41, 5.74) is 1.72. The zero-order chi connectivity index (χ0) is 20.7. The molecule has 0 bridgehead atoms. The van der Waals surface area contributed by atoms with E-state index in [1.165, 1.54) is 0 Å². The molecule has 0 radical (unpaired) electrons. The minimum Gasteiger partial charge on any atom is -0.492 e. The molecule has 1 aliphatic rings. The smallest absolute Gasteiger partial charge is 0.338 e. The van der Waals surface area contributed by atoms with E-state index < -0.39 is 12.0 Å². The lowest BCUT2D eigenvalue weighted by atomic mass is 9.93. The normalized spacial score (nSPS) is 16.6. The van der Waals surface area contributed by atoms with Crippen molar-refractivity contribution in [2.75, 3.05) is 6.61 Å². The Morgan fingerprint density at radius 1 is 1.25 bits per heavy atom. The average molecular weight is 409 g/mol. The quantitative estimate of drug-likeness (QED) is 0.571. The first-order valence-corrected chi connectivity index (χ1v) is 10.2. The summed E-state index contributed by atoms with van der Waals surface area (Å²) in [6, 6.07) is 4.32. The molecule has 1 atom stereocenters. The van der Waals surface area contributed by atoms with Gasteiger partial charge in [0.2, 0.25) is 0 Å². The molecule has 0 saturated heterocycles. The van der Waals surface area contributed by atoms with Gasteiger partial charge in [0, 0.05) is 5.70 Å². The van der Waals surface area contributed by atoms with Crippen molar-refractivity contribution in [3.63, 3.8) is 0 Å². The molecule has 0 fully saturated rings. The van der Waals surface area contributed by atoms with Gasteiger partial charge < -0.3 is 20.1 Å². The number of carbonyl (C=O) groups is 2. The molecule has 2 rings (SSSR count). The topological polar surface area (TPSA) is 76.7 Å². The number of benzene rings is 1. The zero-order valence-electron chi connectivity index (χ0n) is 16.9. The number of halogens is 1. The van der Waals surface area contributed by atoms with E-state index in [0.29, 0.717) is 40.6 Å². The second kappa shape index (κ2) is 10.4.